The third kappa shape index (κ3) is 7.77. The van der Waals surface area contributed by atoms with Crippen molar-refractivity contribution in [3.63, 3.8) is 0 Å². The van der Waals surface area contributed by atoms with E-state index >= 15 is 0 Å². The monoisotopic (exact) mass is 593 g/mol. The van der Waals surface area contributed by atoms with Crippen molar-refractivity contribution in [2.75, 3.05) is 17.1 Å². The van der Waals surface area contributed by atoms with Gasteiger partial charge >= 0.3 is 6.18 Å². The normalized spacial score (nSPS) is 15.2. The molecule has 1 aliphatic carbocycles. The van der Waals surface area contributed by atoms with Crippen molar-refractivity contribution in [1.29, 1.82) is 0 Å². The standard InChI is InChI=1S/C25H28Cl2F3N3O4S/c1-16(24(35)31-19-5-3-4-6-19)32(14-17-7-9-18(26)10-8-17)23(34)15-33(38(2,36)37)20-11-12-22(27)21(13-20)25(28,29)30/h7-13,16,19H,3-6,14-15H2,1-2H3,(H,31,35)/t16-/m1/s1. The molecule has 13 heteroatoms. The minimum atomic E-state index is -4.84. The van der Waals surface area contributed by atoms with Crippen molar-refractivity contribution in [2.45, 2.75) is 57.4 Å². The smallest absolute Gasteiger partial charge is 0.352 e. The van der Waals surface area contributed by atoms with Gasteiger partial charge in [0.25, 0.3) is 0 Å². The number of carbonyl (C=O) groups excluding carboxylic acids is 2. The average Bonchev–Trinajstić information content (AvgIpc) is 3.33. The van der Waals surface area contributed by atoms with Gasteiger partial charge in [0.1, 0.15) is 12.6 Å². The number of nitrogens with zero attached hydrogens (tertiary/aromatic N) is 2. The van der Waals surface area contributed by atoms with E-state index < -0.39 is 51.2 Å². The maximum Gasteiger partial charge on any atom is 0.417 e. The van der Waals surface area contributed by atoms with E-state index in [0.717, 1.165) is 44.1 Å². The number of hydrogen-bond acceptors (Lipinski definition) is 4. The van der Waals surface area contributed by atoms with Gasteiger partial charge in [-0.25, -0.2) is 8.42 Å². The molecule has 1 saturated carbocycles. The van der Waals surface area contributed by atoms with Crippen molar-refractivity contribution >= 4 is 50.7 Å². The molecule has 208 valence electrons. The summed E-state index contributed by atoms with van der Waals surface area (Å²) in [5.41, 5.74) is -0.993. The third-order valence-electron chi connectivity index (χ3n) is 6.36. The van der Waals surface area contributed by atoms with Gasteiger partial charge < -0.3 is 10.2 Å². The Morgan fingerprint density at radius 2 is 1.68 bits per heavy atom. The second kappa shape index (κ2) is 12.1. The van der Waals surface area contributed by atoms with E-state index in [0.29, 0.717) is 21.0 Å². The molecule has 0 aliphatic heterocycles. The minimum absolute atomic E-state index is 0.0141. The van der Waals surface area contributed by atoms with Gasteiger partial charge in [0.15, 0.2) is 0 Å². The van der Waals surface area contributed by atoms with Crippen molar-refractivity contribution < 1.29 is 31.2 Å². The molecule has 7 nitrogen and oxygen atoms in total. The fourth-order valence-electron chi connectivity index (χ4n) is 4.26. The summed E-state index contributed by atoms with van der Waals surface area (Å²) in [5.74, 6) is -1.18. The molecule has 0 saturated heterocycles. The third-order valence-corrected chi connectivity index (χ3v) is 8.08. The number of alkyl halides is 3. The summed E-state index contributed by atoms with van der Waals surface area (Å²) in [6, 6.07) is 8.13. The molecule has 1 atom stereocenters. The lowest BCUT2D eigenvalue weighted by Crippen LogP contribution is -2.52. The summed E-state index contributed by atoms with van der Waals surface area (Å²) in [7, 11) is -4.21. The van der Waals surface area contributed by atoms with E-state index in [1.807, 2.05) is 0 Å². The molecule has 1 aliphatic rings. The van der Waals surface area contributed by atoms with Gasteiger partial charge in [-0.2, -0.15) is 13.2 Å². The Bertz CT molecular complexity index is 1270. The molecule has 0 heterocycles. The lowest BCUT2D eigenvalue weighted by atomic mass is 10.1. The van der Waals surface area contributed by atoms with Gasteiger partial charge in [-0.3, -0.25) is 13.9 Å². The summed E-state index contributed by atoms with van der Waals surface area (Å²) in [4.78, 5) is 27.8. The first kappa shape index (κ1) is 30.0. The molecule has 38 heavy (non-hydrogen) atoms. The largest absolute Gasteiger partial charge is 0.417 e. The number of rotatable bonds is 9. The van der Waals surface area contributed by atoms with Gasteiger partial charge in [-0.05, 0) is 55.7 Å². The van der Waals surface area contributed by atoms with Crippen LogP contribution in [0.25, 0.3) is 0 Å². The summed E-state index contributed by atoms with van der Waals surface area (Å²) in [6.45, 7) is 0.639. The van der Waals surface area contributed by atoms with Crippen LogP contribution in [0.2, 0.25) is 10.0 Å². The molecule has 0 spiro atoms. The molecule has 2 aromatic rings. The highest BCUT2D eigenvalue weighted by atomic mass is 35.5. The van der Waals surface area contributed by atoms with Crippen LogP contribution in [0, 0.1) is 0 Å². The van der Waals surface area contributed by atoms with Gasteiger partial charge in [-0.15, -0.1) is 0 Å². The quantitative estimate of drug-likeness (QED) is 0.430. The number of sulfonamides is 1. The maximum atomic E-state index is 13.5. The van der Waals surface area contributed by atoms with E-state index in [4.69, 9.17) is 23.2 Å². The number of anilines is 1. The minimum Gasteiger partial charge on any atom is -0.352 e. The van der Waals surface area contributed by atoms with E-state index in [2.05, 4.69) is 5.32 Å². The van der Waals surface area contributed by atoms with Crippen molar-refractivity contribution in [1.82, 2.24) is 10.2 Å². The predicted octanol–water partition coefficient (Wildman–Crippen LogP) is 5.25. The number of benzene rings is 2. The molecule has 0 radical (unpaired) electrons. The van der Waals surface area contributed by atoms with Crippen LogP contribution in [-0.4, -0.2) is 50.0 Å². The van der Waals surface area contributed by atoms with Crippen LogP contribution in [0.1, 0.15) is 43.7 Å². The Labute approximate surface area is 229 Å². The highest BCUT2D eigenvalue weighted by Gasteiger charge is 2.36. The van der Waals surface area contributed by atoms with E-state index in [-0.39, 0.29) is 18.3 Å². The van der Waals surface area contributed by atoms with Gasteiger partial charge in [0.2, 0.25) is 21.8 Å². The van der Waals surface area contributed by atoms with Crippen LogP contribution in [-0.2, 0) is 32.3 Å². The Kier molecular flexibility index (Phi) is 9.59. The second-order valence-electron chi connectivity index (χ2n) is 9.25. The van der Waals surface area contributed by atoms with E-state index in [1.54, 1.807) is 24.3 Å². The first-order chi connectivity index (χ1) is 17.7. The van der Waals surface area contributed by atoms with E-state index in [1.165, 1.54) is 11.8 Å². The SMILES string of the molecule is C[C@H](C(=O)NC1CCCC1)N(Cc1ccc(Cl)cc1)C(=O)CN(c1ccc(Cl)c(C(F)(F)F)c1)S(C)(=O)=O. The highest BCUT2D eigenvalue weighted by molar-refractivity contribution is 7.92. The molecule has 1 fully saturated rings. The Balaban J connectivity index is 1.93. The number of amides is 2. The van der Waals surface area contributed by atoms with Crippen LogP contribution < -0.4 is 9.62 Å². The van der Waals surface area contributed by atoms with Gasteiger partial charge in [0, 0.05) is 17.6 Å². The molecular formula is C25H28Cl2F3N3O4S. The summed E-state index contributed by atoms with van der Waals surface area (Å²) < 4.78 is 66.1. The first-order valence-corrected chi connectivity index (χ1v) is 14.5. The van der Waals surface area contributed by atoms with Gasteiger partial charge in [0.05, 0.1) is 22.5 Å². The zero-order chi connectivity index (χ0) is 28.3. The predicted molar refractivity (Wildman–Crippen MR) is 141 cm³/mol. The van der Waals surface area contributed by atoms with Crippen molar-refractivity contribution in [3.05, 3.63) is 63.6 Å². The molecule has 1 N–H and O–H groups in total. The van der Waals surface area contributed by atoms with Crippen molar-refractivity contribution in [3.8, 4) is 0 Å². The molecular weight excluding hydrogens is 566 g/mol. The molecule has 2 aromatic carbocycles. The molecule has 2 amide bonds. The van der Waals surface area contributed by atoms with Crippen LogP contribution in [0.4, 0.5) is 18.9 Å². The fraction of sp³-hybridized carbons (Fsp3) is 0.440. The molecule has 0 aromatic heterocycles. The Hall–Kier alpha value is -2.50. The van der Waals surface area contributed by atoms with Gasteiger partial charge in [-0.1, -0.05) is 48.2 Å². The van der Waals surface area contributed by atoms with Crippen LogP contribution in [0.5, 0.6) is 0 Å². The zero-order valence-electron chi connectivity index (χ0n) is 20.8. The van der Waals surface area contributed by atoms with Crippen LogP contribution in [0.15, 0.2) is 42.5 Å². The summed E-state index contributed by atoms with van der Waals surface area (Å²) >= 11 is 11.6. The summed E-state index contributed by atoms with van der Waals surface area (Å²) in [6.07, 6.45) is -0.448. The van der Waals surface area contributed by atoms with Crippen LogP contribution >= 0.6 is 23.2 Å². The average molecular weight is 594 g/mol. The van der Waals surface area contributed by atoms with E-state index in [9.17, 15) is 31.2 Å². The number of hydrogen-bond donors (Lipinski definition) is 1. The lowest BCUT2D eigenvalue weighted by Gasteiger charge is -2.32. The van der Waals surface area contributed by atoms with Crippen LogP contribution in [0.3, 0.4) is 0 Å². The highest BCUT2D eigenvalue weighted by Crippen LogP contribution is 2.37. The zero-order valence-corrected chi connectivity index (χ0v) is 23.1. The fourth-order valence-corrected chi connectivity index (χ4v) is 5.45. The molecule has 0 unspecified atom stereocenters. The number of halogens is 5. The lowest BCUT2D eigenvalue weighted by molar-refractivity contribution is -0.139. The number of nitrogens with one attached hydrogen (secondary N) is 1. The summed E-state index contributed by atoms with van der Waals surface area (Å²) in [5, 5.41) is 2.78. The molecule has 0 bridgehead atoms. The topological polar surface area (TPSA) is 86.8 Å². The second-order valence-corrected chi connectivity index (χ2v) is 12.0. The molecule has 3 rings (SSSR count). The first-order valence-electron chi connectivity index (χ1n) is 11.9. The Morgan fingerprint density at radius 3 is 2.24 bits per heavy atom. The maximum absolute atomic E-state index is 13.5. The van der Waals surface area contributed by atoms with Crippen molar-refractivity contribution in [2.24, 2.45) is 0 Å². The number of carbonyl (C=O) groups is 2. The Morgan fingerprint density at radius 1 is 1.08 bits per heavy atom.